The number of carboxylic acids is 1. The lowest BCUT2D eigenvalue weighted by Gasteiger charge is -2.15. The Kier molecular flexibility index (Phi) is 2.22. The second-order valence-electron chi connectivity index (χ2n) is 2.91. The maximum absolute atomic E-state index is 11.2. The van der Waals surface area contributed by atoms with Gasteiger partial charge in [0.05, 0.1) is 6.54 Å². The third-order valence-corrected chi connectivity index (χ3v) is 1.92. The van der Waals surface area contributed by atoms with Gasteiger partial charge in [-0.3, -0.25) is 4.79 Å². The lowest BCUT2D eigenvalue weighted by Crippen LogP contribution is -2.42. The van der Waals surface area contributed by atoms with Crippen molar-refractivity contribution in [1.82, 2.24) is 9.80 Å². The summed E-state index contributed by atoms with van der Waals surface area (Å²) in [6, 6.07) is -1.60. The molecule has 1 N–H and O–H groups in total. The fourth-order valence-corrected chi connectivity index (χ4v) is 1.28. The van der Waals surface area contributed by atoms with Crippen LogP contribution in [0.1, 0.15) is 6.92 Å². The Bertz CT molecular complexity index is 276. The molecule has 1 saturated heterocycles. The van der Waals surface area contributed by atoms with Crippen LogP contribution in [0, 0.1) is 0 Å². The average Bonchev–Trinajstić information content (AvgIpc) is 2.28. The van der Waals surface area contributed by atoms with Crippen molar-refractivity contribution in [1.29, 1.82) is 0 Å². The molecule has 0 spiro atoms. The predicted octanol–water partition coefficient (Wildman–Crippen LogP) is -0.646. The number of rotatable bonds is 1. The highest BCUT2D eigenvalue weighted by atomic mass is 16.4. The first-order chi connectivity index (χ1) is 5.95. The van der Waals surface area contributed by atoms with Crippen molar-refractivity contribution in [3.8, 4) is 0 Å². The summed E-state index contributed by atoms with van der Waals surface area (Å²) >= 11 is 0. The molecule has 3 amide bonds. The Morgan fingerprint density at radius 1 is 1.54 bits per heavy atom. The zero-order valence-electron chi connectivity index (χ0n) is 7.35. The quantitative estimate of drug-likeness (QED) is 0.590. The molecule has 6 nitrogen and oxygen atoms in total. The second-order valence-corrected chi connectivity index (χ2v) is 2.91. The lowest BCUT2D eigenvalue weighted by molar-refractivity contribution is -0.145. The van der Waals surface area contributed by atoms with Crippen LogP contribution >= 0.6 is 0 Å². The van der Waals surface area contributed by atoms with Crippen LogP contribution in [0.5, 0.6) is 0 Å². The van der Waals surface area contributed by atoms with Crippen LogP contribution in [0.15, 0.2) is 0 Å². The van der Waals surface area contributed by atoms with Gasteiger partial charge in [0.25, 0.3) is 0 Å². The van der Waals surface area contributed by atoms with E-state index in [9.17, 15) is 14.4 Å². The van der Waals surface area contributed by atoms with Gasteiger partial charge in [0.2, 0.25) is 5.91 Å². The Morgan fingerprint density at radius 3 is 2.38 bits per heavy atom. The molecule has 6 heteroatoms. The zero-order chi connectivity index (χ0) is 10.2. The monoisotopic (exact) mass is 186 g/mol. The molecule has 1 atom stereocenters. The van der Waals surface area contributed by atoms with Crippen molar-refractivity contribution < 1.29 is 19.5 Å². The zero-order valence-corrected chi connectivity index (χ0v) is 7.35. The van der Waals surface area contributed by atoms with E-state index in [1.807, 2.05) is 0 Å². The third kappa shape index (κ3) is 1.47. The molecule has 72 valence electrons. The van der Waals surface area contributed by atoms with Gasteiger partial charge in [-0.05, 0) is 0 Å². The molecule has 1 rings (SSSR count). The van der Waals surface area contributed by atoms with Gasteiger partial charge in [0.1, 0.15) is 0 Å². The van der Waals surface area contributed by atoms with E-state index >= 15 is 0 Å². The van der Waals surface area contributed by atoms with Gasteiger partial charge in [-0.25, -0.2) is 14.5 Å². The summed E-state index contributed by atoms with van der Waals surface area (Å²) in [5.41, 5.74) is 0. The summed E-state index contributed by atoms with van der Waals surface area (Å²) in [7, 11) is 1.46. The minimum atomic E-state index is -1.16. The fraction of sp³-hybridized carbons (Fsp3) is 0.571. The Morgan fingerprint density at radius 2 is 2.08 bits per heavy atom. The summed E-state index contributed by atoms with van der Waals surface area (Å²) in [5.74, 6) is -1.70. The van der Waals surface area contributed by atoms with Gasteiger partial charge in [-0.1, -0.05) is 0 Å². The molecule has 1 aliphatic heterocycles. The maximum Gasteiger partial charge on any atom is 0.328 e. The van der Waals surface area contributed by atoms with Crippen molar-refractivity contribution in [3.05, 3.63) is 0 Å². The number of imide groups is 1. The van der Waals surface area contributed by atoms with Crippen LogP contribution < -0.4 is 0 Å². The van der Waals surface area contributed by atoms with E-state index in [-0.39, 0.29) is 6.54 Å². The molecule has 0 saturated carbocycles. The van der Waals surface area contributed by atoms with Crippen molar-refractivity contribution in [2.24, 2.45) is 0 Å². The summed E-state index contributed by atoms with van der Waals surface area (Å²) in [6.07, 6.45) is 0. The Labute approximate surface area is 74.7 Å². The van der Waals surface area contributed by atoms with E-state index in [0.717, 1.165) is 4.90 Å². The number of amides is 3. The fourth-order valence-electron chi connectivity index (χ4n) is 1.28. The minimum Gasteiger partial charge on any atom is -0.480 e. The summed E-state index contributed by atoms with van der Waals surface area (Å²) in [5, 5.41) is 8.70. The molecule has 0 aromatic carbocycles. The SMILES string of the molecule is CC(=O)N1C(=O)N(C)CC1C(=O)O. The molecular formula is C7H10N2O4. The molecule has 0 aliphatic carbocycles. The summed E-state index contributed by atoms with van der Waals surface area (Å²) < 4.78 is 0. The smallest absolute Gasteiger partial charge is 0.328 e. The molecule has 0 aromatic rings. The van der Waals surface area contributed by atoms with Gasteiger partial charge in [-0.15, -0.1) is 0 Å². The molecule has 1 aliphatic rings. The number of hydrogen-bond donors (Lipinski definition) is 1. The number of hydrogen-bond acceptors (Lipinski definition) is 3. The van der Waals surface area contributed by atoms with E-state index in [2.05, 4.69) is 0 Å². The molecule has 13 heavy (non-hydrogen) atoms. The highest BCUT2D eigenvalue weighted by molar-refractivity contribution is 5.99. The molecular weight excluding hydrogens is 176 g/mol. The average molecular weight is 186 g/mol. The number of urea groups is 1. The van der Waals surface area contributed by atoms with E-state index in [1.54, 1.807) is 0 Å². The minimum absolute atomic E-state index is 0.0494. The van der Waals surface area contributed by atoms with Gasteiger partial charge < -0.3 is 10.0 Å². The molecule has 0 bridgehead atoms. The van der Waals surface area contributed by atoms with Crippen LogP contribution in [0.4, 0.5) is 4.79 Å². The van der Waals surface area contributed by atoms with Crippen molar-refractivity contribution in [3.63, 3.8) is 0 Å². The second kappa shape index (κ2) is 3.04. The van der Waals surface area contributed by atoms with Crippen molar-refractivity contribution in [2.45, 2.75) is 13.0 Å². The van der Waals surface area contributed by atoms with Gasteiger partial charge in [-0.2, -0.15) is 0 Å². The first kappa shape index (κ1) is 9.50. The number of likely N-dealkylation sites (N-methyl/N-ethyl adjacent to an activating group) is 1. The van der Waals surface area contributed by atoms with Crippen LogP contribution in [-0.4, -0.2) is 52.4 Å². The number of aliphatic carboxylic acids is 1. The standard InChI is InChI=1S/C7H10N2O4/c1-4(10)9-5(6(11)12)3-8(2)7(9)13/h5H,3H2,1-2H3,(H,11,12). The topological polar surface area (TPSA) is 77.9 Å². The van der Waals surface area contributed by atoms with Crippen LogP contribution in [-0.2, 0) is 9.59 Å². The first-order valence-corrected chi connectivity index (χ1v) is 3.73. The van der Waals surface area contributed by atoms with Crippen LogP contribution in [0.2, 0.25) is 0 Å². The maximum atomic E-state index is 11.2. The summed E-state index contributed by atoms with van der Waals surface area (Å²) in [6.45, 7) is 1.22. The number of carbonyl (C=O) groups is 3. The van der Waals surface area contributed by atoms with Crippen LogP contribution in [0.25, 0.3) is 0 Å². The van der Waals surface area contributed by atoms with E-state index in [1.165, 1.54) is 18.9 Å². The number of carbonyl (C=O) groups excluding carboxylic acids is 2. The summed E-state index contributed by atoms with van der Waals surface area (Å²) in [4.78, 5) is 34.8. The third-order valence-electron chi connectivity index (χ3n) is 1.92. The van der Waals surface area contributed by atoms with Crippen LogP contribution in [0.3, 0.4) is 0 Å². The van der Waals surface area contributed by atoms with Gasteiger partial charge in [0.15, 0.2) is 6.04 Å². The first-order valence-electron chi connectivity index (χ1n) is 3.73. The molecule has 1 fully saturated rings. The van der Waals surface area contributed by atoms with Crippen molar-refractivity contribution >= 4 is 17.9 Å². The van der Waals surface area contributed by atoms with Gasteiger partial charge >= 0.3 is 12.0 Å². The number of carboxylic acid groups (broad SMARTS) is 1. The normalized spacial score (nSPS) is 22.3. The van der Waals surface area contributed by atoms with E-state index in [0.29, 0.717) is 0 Å². The highest BCUT2D eigenvalue weighted by Crippen LogP contribution is 2.14. The highest BCUT2D eigenvalue weighted by Gasteiger charge is 2.42. The molecule has 1 heterocycles. The molecule has 0 radical (unpaired) electrons. The molecule has 1 unspecified atom stereocenters. The van der Waals surface area contributed by atoms with Gasteiger partial charge in [0, 0.05) is 14.0 Å². The predicted molar refractivity (Wildman–Crippen MR) is 42.0 cm³/mol. The molecule has 0 aromatic heterocycles. The Balaban J connectivity index is 2.93. The van der Waals surface area contributed by atoms with E-state index < -0.39 is 23.9 Å². The lowest BCUT2D eigenvalue weighted by atomic mass is 10.3. The largest absolute Gasteiger partial charge is 0.480 e. The Hall–Kier alpha value is -1.59. The number of nitrogens with zero attached hydrogens (tertiary/aromatic N) is 2. The van der Waals surface area contributed by atoms with E-state index in [4.69, 9.17) is 5.11 Å². The van der Waals surface area contributed by atoms with Crippen molar-refractivity contribution in [2.75, 3.05) is 13.6 Å².